The van der Waals surface area contributed by atoms with Crippen LogP contribution in [0.2, 0.25) is 0 Å². The SMILES string of the molecule is COc1cc(C(=O)Nc2ccc3c(c2)N(C)CCC3)ccc1OCc1ccccn1. The molecule has 0 bridgehead atoms. The first kappa shape index (κ1) is 19.8. The minimum absolute atomic E-state index is 0.192. The zero-order chi connectivity index (χ0) is 20.9. The second-order valence-electron chi connectivity index (χ2n) is 7.30. The van der Waals surface area contributed by atoms with E-state index in [-0.39, 0.29) is 5.91 Å². The van der Waals surface area contributed by atoms with Crippen LogP contribution in [0.3, 0.4) is 0 Å². The van der Waals surface area contributed by atoms with E-state index in [1.54, 1.807) is 31.5 Å². The van der Waals surface area contributed by atoms with Crippen LogP contribution in [0.1, 0.15) is 28.0 Å². The van der Waals surface area contributed by atoms with E-state index in [0.717, 1.165) is 30.8 Å². The third-order valence-electron chi connectivity index (χ3n) is 5.22. The molecule has 0 aliphatic carbocycles. The summed E-state index contributed by atoms with van der Waals surface area (Å²) in [6, 6.07) is 16.9. The lowest BCUT2D eigenvalue weighted by molar-refractivity contribution is 0.102. The van der Waals surface area contributed by atoms with Gasteiger partial charge in [0.15, 0.2) is 11.5 Å². The molecule has 0 saturated heterocycles. The van der Waals surface area contributed by atoms with Gasteiger partial charge in [-0.3, -0.25) is 9.78 Å². The molecular formula is C24H25N3O3. The highest BCUT2D eigenvalue weighted by atomic mass is 16.5. The van der Waals surface area contributed by atoms with Crippen molar-refractivity contribution in [3.05, 3.63) is 77.6 Å². The number of aromatic nitrogens is 1. The fourth-order valence-corrected chi connectivity index (χ4v) is 3.60. The molecular weight excluding hydrogens is 378 g/mol. The Morgan fingerprint density at radius 2 is 2.03 bits per heavy atom. The maximum absolute atomic E-state index is 12.8. The van der Waals surface area contributed by atoms with Crippen LogP contribution in [0, 0.1) is 0 Å². The van der Waals surface area contributed by atoms with Gasteiger partial charge in [-0.25, -0.2) is 0 Å². The molecule has 0 atom stereocenters. The topological polar surface area (TPSA) is 63.7 Å². The molecule has 1 aliphatic rings. The number of carbonyl (C=O) groups is 1. The van der Waals surface area contributed by atoms with Crippen molar-refractivity contribution in [2.75, 3.05) is 30.9 Å². The number of hydrogen-bond donors (Lipinski definition) is 1. The highest BCUT2D eigenvalue weighted by molar-refractivity contribution is 6.05. The van der Waals surface area contributed by atoms with Gasteiger partial charge in [0.25, 0.3) is 5.91 Å². The van der Waals surface area contributed by atoms with Crippen LogP contribution in [0.25, 0.3) is 0 Å². The molecule has 154 valence electrons. The number of ether oxygens (including phenoxy) is 2. The summed E-state index contributed by atoms with van der Waals surface area (Å²) < 4.78 is 11.2. The molecule has 6 heteroatoms. The molecule has 0 fully saturated rings. The second-order valence-corrected chi connectivity index (χ2v) is 7.30. The smallest absolute Gasteiger partial charge is 0.255 e. The van der Waals surface area contributed by atoms with Crippen LogP contribution in [-0.2, 0) is 13.0 Å². The standard InChI is InChI=1S/C24H25N3O3/c1-27-13-5-6-17-8-10-19(15-21(17)27)26-24(28)18-9-11-22(23(14-18)29-2)30-16-20-7-3-4-12-25-20/h3-4,7-12,14-15H,5-6,13,16H2,1-2H3,(H,26,28). The zero-order valence-corrected chi connectivity index (χ0v) is 17.2. The quantitative estimate of drug-likeness (QED) is 0.665. The van der Waals surface area contributed by atoms with Crippen LogP contribution < -0.4 is 19.7 Å². The van der Waals surface area contributed by atoms with Gasteiger partial charge in [-0.1, -0.05) is 12.1 Å². The molecule has 4 rings (SSSR count). The summed E-state index contributed by atoms with van der Waals surface area (Å²) in [7, 11) is 3.64. The molecule has 1 aliphatic heterocycles. The van der Waals surface area contributed by atoms with E-state index in [0.29, 0.717) is 23.7 Å². The summed E-state index contributed by atoms with van der Waals surface area (Å²) in [4.78, 5) is 19.3. The number of amides is 1. The van der Waals surface area contributed by atoms with Gasteiger partial charge in [0.05, 0.1) is 12.8 Å². The number of anilines is 2. The first-order valence-corrected chi connectivity index (χ1v) is 10.00. The van der Waals surface area contributed by atoms with E-state index in [2.05, 4.69) is 28.3 Å². The fraction of sp³-hybridized carbons (Fsp3) is 0.250. The molecule has 0 radical (unpaired) electrons. The summed E-state index contributed by atoms with van der Waals surface area (Å²) in [5, 5.41) is 2.99. The average Bonchev–Trinajstić information content (AvgIpc) is 2.79. The van der Waals surface area contributed by atoms with Crippen molar-refractivity contribution in [2.24, 2.45) is 0 Å². The molecule has 2 heterocycles. The molecule has 1 N–H and O–H groups in total. The van der Waals surface area contributed by atoms with Crippen molar-refractivity contribution in [3.63, 3.8) is 0 Å². The number of methoxy groups -OCH3 is 1. The Labute approximate surface area is 176 Å². The molecule has 3 aromatic rings. The van der Waals surface area contributed by atoms with Crippen molar-refractivity contribution >= 4 is 17.3 Å². The maximum Gasteiger partial charge on any atom is 0.255 e. The van der Waals surface area contributed by atoms with Gasteiger partial charge in [-0.2, -0.15) is 0 Å². The lowest BCUT2D eigenvalue weighted by Crippen LogP contribution is -2.24. The van der Waals surface area contributed by atoms with Gasteiger partial charge in [0.1, 0.15) is 6.61 Å². The van der Waals surface area contributed by atoms with Crippen LogP contribution in [0.15, 0.2) is 60.8 Å². The van der Waals surface area contributed by atoms with Gasteiger partial charge in [-0.15, -0.1) is 0 Å². The van der Waals surface area contributed by atoms with E-state index in [1.807, 2.05) is 30.3 Å². The average molecular weight is 403 g/mol. The Morgan fingerprint density at radius 1 is 1.13 bits per heavy atom. The van der Waals surface area contributed by atoms with Crippen LogP contribution in [0.4, 0.5) is 11.4 Å². The van der Waals surface area contributed by atoms with E-state index >= 15 is 0 Å². The molecule has 30 heavy (non-hydrogen) atoms. The zero-order valence-electron chi connectivity index (χ0n) is 17.2. The summed E-state index contributed by atoms with van der Waals surface area (Å²) in [6.45, 7) is 1.35. The minimum Gasteiger partial charge on any atom is -0.493 e. The summed E-state index contributed by atoms with van der Waals surface area (Å²) in [5.74, 6) is 0.877. The Bertz CT molecular complexity index is 1040. The molecule has 2 aromatic carbocycles. The van der Waals surface area contributed by atoms with Crippen LogP contribution in [0.5, 0.6) is 11.5 Å². The number of benzene rings is 2. The van der Waals surface area contributed by atoms with E-state index in [1.165, 1.54) is 11.3 Å². The first-order chi connectivity index (χ1) is 14.6. The number of carbonyl (C=O) groups excluding carboxylic acids is 1. The molecule has 6 nitrogen and oxygen atoms in total. The second kappa shape index (κ2) is 8.86. The number of hydrogen-bond acceptors (Lipinski definition) is 5. The largest absolute Gasteiger partial charge is 0.493 e. The lowest BCUT2D eigenvalue weighted by atomic mass is 10.0. The Kier molecular flexibility index (Phi) is 5.84. The van der Waals surface area contributed by atoms with E-state index < -0.39 is 0 Å². The maximum atomic E-state index is 12.8. The number of fused-ring (bicyclic) bond motifs is 1. The summed E-state index contributed by atoms with van der Waals surface area (Å²) in [6.07, 6.45) is 3.96. The predicted octanol–water partition coefficient (Wildman–Crippen LogP) is 4.30. The van der Waals surface area contributed by atoms with Crippen molar-refractivity contribution in [3.8, 4) is 11.5 Å². The van der Waals surface area contributed by atoms with Crippen molar-refractivity contribution in [1.82, 2.24) is 4.98 Å². The number of rotatable bonds is 6. The Morgan fingerprint density at radius 3 is 2.83 bits per heavy atom. The predicted molar refractivity (Wildman–Crippen MR) is 118 cm³/mol. The number of pyridine rings is 1. The van der Waals surface area contributed by atoms with Gasteiger partial charge in [0, 0.05) is 36.7 Å². The van der Waals surface area contributed by atoms with Crippen LogP contribution in [-0.4, -0.2) is 31.6 Å². The molecule has 0 unspecified atom stereocenters. The van der Waals surface area contributed by atoms with Crippen molar-refractivity contribution in [2.45, 2.75) is 19.4 Å². The molecule has 0 spiro atoms. The van der Waals surface area contributed by atoms with Crippen molar-refractivity contribution < 1.29 is 14.3 Å². The first-order valence-electron chi connectivity index (χ1n) is 10.00. The molecule has 0 saturated carbocycles. The molecule has 1 amide bonds. The van der Waals surface area contributed by atoms with E-state index in [9.17, 15) is 4.79 Å². The normalized spacial score (nSPS) is 12.8. The third kappa shape index (κ3) is 4.38. The Balaban J connectivity index is 1.47. The van der Waals surface area contributed by atoms with Crippen molar-refractivity contribution in [1.29, 1.82) is 0 Å². The van der Waals surface area contributed by atoms with Gasteiger partial charge in [-0.05, 0) is 60.9 Å². The van der Waals surface area contributed by atoms with Gasteiger partial charge >= 0.3 is 0 Å². The monoisotopic (exact) mass is 403 g/mol. The summed E-state index contributed by atoms with van der Waals surface area (Å²) >= 11 is 0. The number of nitrogens with zero attached hydrogens (tertiary/aromatic N) is 2. The minimum atomic E-state index is -0.192. The highest BCUT2D eigenvalue weighted by Crippen LogP contribution is 2.31. The summed E-state index contributed by atoms with van der Waals surface area (Å²) in [5.41, 5.74) is 4.59. The highest BCUT2D eigenvalue weighted by Gasteiger charge is 2.16. The molecule has 1 aromatic heterocycles. The fourth-order valence-electron chi connectivity index (χ4n) is 3.60. The number of nitrogens with one attached hydrogen (secondary N) is 1. The lowest BCUT2D eigenvalue weighted by Gasteiger charge is -2.28. The third-order valence-corrected chi connectivity index (χ3v) is 5.22. The Hall–Kier alpha value is -3.54. The number of aryl methyl sites for hydroxylation is 1. The van der Waals surface area contributed by atoms with Gasteiger partial charge in [0.2, 0.25) is 0 Å². The van der Waals surface area contributed by atoms with E-state index in [4.69, 9.17) is 9.47 Å². The van der Waals surface area contributed by atoms with Gasteiger partial charge < -0.3 is 19.7 Å². The van der Waals surface area contributed by atoms with Crippen LogP contribution >= 0.6 is 0 Å².